The van der Waals surface area contributed by atoms with Crippen LogP contribution in [-0.4, -0.2) is 26.8 Å². The van der Waals surface area contributed by atoms with Crippen LogP contribution < -0.4 is 9.64 Å². The Morgan fingerprint density at radius 2 is 1.83 bits per heavy atom. The second kappa shape index (κ2) is 9.26. The van der Waals surface area contributed by atoms with E-state index in [0.29, 0.717) is 16.7 Å². The number of nitrogens with zero attached hydrogens (tertiary/aromatic N) is 4. The Kier molecular flexibility index (Phi) is 6.28. The molecular weight excluding hydrogens is 396 g/mol. The molecule has 4 rings (SSSR count). The molecule has 6 nitrogen and oxygen atoms in total. The van der Waals surface area contributed by atoms with Crippen molar-refractivity contribution in [2.45, 2.75) is 44.5 Å². The number of fused-ring (bicyclic) bond motifs is 3. The van der Waals surface area contributed by atoms with Gasteiger partial charge in [0.2, 0.25) is 23.2 Å². The number of aromatic nitrogens is 3. The number of thioether (sulfide) groups is 1. The highest BCUT2D eigenvalue weighted by atomic mass is 32.2. The van der Waals surface area contributed by atoms with E-state index in [9.17, 15) is 4.79 Å². The van der Waals surface area contributed by atoms with E-state index in [1.807, 2.05) is 54.6 Å². The van der Waals surface area contributed by atoms with Gasteiger partial charge in [-0.1, -0.05) is 80.1 Å². The van der Waals surface area contributed by atoms with Crippen molar-refractivity contribution in [2.75, 3.05) is 10.7 Å². The lowest BCUT2D eigenvalue weighted by Gasteiger charge is -2.29. The number of rotatable bonds is 6. The zero-order valence-corrected chi connectivity index (χ0v) is 17.9. The van der Waals surface area contributed by atoms with Crippen LogP contribution in [0.4, 0.5) is 5.69 Å². The molecule has 0 spiro atoms. The van der Waals surface area contributed by atoms with Gasteiger partial charge in [-0.15, -0.1) is 10.2 Å². The molecule has 0 saturated carbocycles. The third-order valence-corrected chi connectivity index (χ3v) is 5.84. The minimum atomic E-state index is -0.638. The third-order valence-electron chi connectivity index (χ3n) is 4.91. The number of ether oxygens (including phenoxy) is 1. The molecule has 1 aliphatic rings. The van der Waals surface area contributed by atoms with E-state index in [-0.39, 0.29) is 5.91 Å². The van der Waals surface area contributed by atoms with Gasteiger partial charge in [0.25, 0.3) is 0 Å². The van der Waals surface area contributed by atoms with Crippen LogP contribution in [0.2, 0.25) is 0 Å². The normalized spacial score (nSPS) is 15.0. The summed E-state index contributed by atoms with van der Waals surface area (Å²) in [7, 11) is 0. The van der Waals surface area contributed by atoms with Crippen LogP contribution in [0.15, 0.2) is 59.8 Å². The van der Waals surface area contributed by atoms with Gasteiger partial charge in [-0.05, 0) is 12.5 Å². The Hall–Kier alpha value is -2.93. The second-order valence-electron chi connectivity index (χ2n) is 7.09. The molecule has 1 aliphatic heterocycles. The molecule has 7 heteroatoms. The van der Waals surface area contributed by atoms with Crippen molar-refractivity contribution < 1.29 is 9.53 Å². The predicted octanol–water partition coefficient (Wildman–Crippen LogP) is 5.27. The van der Waals surface area contributed by atoms with Crippen molar-refractivity contribution in [2.24, 2.45) is 0 Å². The fraction of sp³-hybridized carbons (Fsp3) is 0.304. The van der Waals surface area contributed by atoms with Crippen molar-refractivity contribution in [1.29, 1.82) is 0 Å². The summed E-state index contributed by atoms with van der Waals surface area (Å²) in [6.07, 6.45) is 2.82. The average Bonchev–Trinajstić information content (AvgIpc) is 2.91. The van der Waals surface area contributed by atoms with Gasteiger partial charge in [-0.3, -0.25) is 9.69 Å². The average molecular weight is 421 g/mol. The van der Waals surface area contributed by atoms with Crippen molar-refractivity contribution in [3.63, 3.8) is 0 Å². The first kappa shape index (κ1) is 20.3. The van der Waals surface area contributed by atoms with E-state index in [2.05, 4.69) is 22.1 Å². The van der Waals surface area contributed by atoms with Crippen LogP contribution in [0.5, 0.6) is 5.88 Å². The molecule has 0 fully saturated rings. The minimum Gasteiger partial charge on any atom is -0.447 e. The molecular formula is C23H24N4O2S. The first-order chi connectivity index (χ1) is 14.7. The van der Waals surface area contributed by atoms with Crippen LogP contribution in [-0.2, 0) is 4.79 Å². The summed E-state index contributed by atoms with van der Waals surface area (Å²) in [6.45, 7) is 3.72. The van der Waals surface area contributed by atoms with E-state index < -0.39 is 6.23 Å². The van der Waals surface area contributed by atoms with Gasteiger partial charge in [0, 0.05) is 23.8 Å². The zero-order chi connectivity index (χ0) is 20.9. The number of hydrogen-bond donors (Lipinski definition) is 0. The summed E-state index contributed by atoms with van der Waals surface area (Å²) in [6, 6.07) is 17.3. The van der Waals surface area contributed by atoms with Crippen LogP contribution in [0.3, 0.4) is 0 Å². The molecule has 0 N–H and O–H groups in total. The summed E-state index contributed by atoms with van der Waals surface area (Å²) < 4.78 is 6.35. The topological polar surface area (TPSA) is 68.2 Å². The molecule has 0 bridgehead atoms. The molecule has 0 aliphatic carbocycles. The first-order valence-corrected chi connectivity index (χ1v) is 11.2. The third kappa shape index (κ3) is 4.16. The molecule has 0 radical (unpaired) electrons. The molecule has 0 saturated heterocycles. The van der Waals surface area contributed by atoms with Gasteiger partial charge in [-0.25, -0.2) is 0 Å². The van der Waals surface area contributed by atoms with E-state index >= 15 is 0 Å². The standard InChI is InChI=1S/C23H24N4O2S/c1-3-4-10-15-30-23-24-21-20(25-26-23)18-13-8-9-14-19(18)27(16(2)28)22(29-21)17-11-6-5-7-12-17/h5-9,11-14,22H,3-4,10,15H2,1-2H3/t22-/m1/s1. The molecule has 1 atom stereocenters. The lowest BCUT2D eigenvalue weighted by Crippen LogP contribution is -2.36. The van der Waals surface area contributed by atoms with Crippen molar-refractivity contribution in [3.8, 4) is 17.1 Å². The zero-order valence-electron chi connectivity index (χ0n) is 17.1. The fourth-order valence-electron chi connectivity index (χ4n) is 3.46. The van der Waals surface area contributed by atoms with E-state index in [0.717, 1.165) is 29.0 Å². The Bertz CT molecular complexity index is 1030. The Morgan fingerprint density at radius 1 is 1.07 bits per heavy atom. The monoisotopic (exact) mass is 420 g/mol. The summed E-state index contributed by atoms with van der Waals surface area (Å²) in [5.74, 6) is 1.21. The van der Waals surface area contributed by atoms with Gasteiger partial charge in [0.05, 0.1) is 5.69 Å². The van der Waals surface area contributed by atoms with Crippen molar-refractivity contribution >= 4 is 23.4 Å². The Morgan fingerprint density at radius 3 is 2.60 bits per heavy atom. The number of benzene rings is 2. The van der Waals surface area contributed by atoms with Crippen LogP contribution >= 0.6 is 11.8 Å². The Labute approximate surface area is 180 Å². The van der Waals surface area contributed by atoms with Gasteiger partial charge in [-0.2, -0.15) is 4.98 Å². The summed E-state index contributed by atoms with van der Waals surface area (Å²) in [5, 5.41) is 9.35. The molecule has 1 amide bonds. The van der Waals surface area contributed by atoms with Crippen LogP contribution in [0.25, 0.3) is 11.3 Å². The van der Waals surface area contributed by atoms with Gasteiger partial charge < -0.3 is 4.74 Å². The molecule has 0 unspecified atom stereocenters. The molecule has 154 valence electrons. The highest BCUT2D eigenvalue weighted by molar-refractivity contribution is 7.99. The molecule has 1 aromatic heterocycles. The lowest BCUT2D eigenvalue weighted by molar-refractivity contribution is -0.118. The number of amides is 1. The highest BCUT2D eigenvalue weighted by Crippen LogP contribution is 2.43. The van der Waals surface area contributed by atoms with E-state index in [1.54, 1.807) is 23.6 Å². The maximum Gasteiger partial charge on any atom is 0.247 e. The summed E-state index contributed by atoms with van der Waals surface area (Å²) >= 11 is 1.58. The van der Waals surface area contributed by atoms with E-state index in [1.165, 1.54) is 12.8 Å². The second-order valence-corrected chi connectivity index (χ2v) is 8.15. The lowest BCUT2D eigenvalue weighted by atomic mass is 10.1. The Balaban J connectivity index is 1.79. The minimum absolute atomic E-state index is 0.119. The van der Waals surface area contributed by atoms with Gasteiger partial charge >= 0.3 is 0 Å². The molecule has 30 heavy (non-hydrogen) atoms. The summed E-state index contributed by atoms with van der Waals surface area (Å²) in [4.78, 5) is 19.0. The van der Waals surface area contributed by atoms with Gasteiger partial charge in [0.15, 0.2) is 5.69 Å². The molecule has 3 aromatic rings. The highest BCUT2D eigenvalue weighted by Gasteiger charge is 2.34. The van der Waals surface area contributed by atoms with Gasteiger partial charge in [0.1, 0.15) is 0 Å². The maximum absolute atomic E-state index is 12.7. The van der Waals surface area contributed by atoms with E-state index in [4.69, 9.17) is 4.74 Å². The quantitative estimate of drug-likeness (QED) is 0.400. The van der Waals surface area contributed by atoms with Crippen LogP contribution in [0.1, 0.15) is 44.9 Å². The number of unbranched alkanes of at least 4 members (excludes halogenated alkanes) is 2. The maximum atomic E-state index is 12.7. The smallest absolute Gasteiger partial charge is 0.247 e. The first-order valence-electron chi connectivity index (χ1n) is 10.2. The number of para-hydroxylation sites is 1. The van der Waals surface area contributed by atoms with Crippen molar-refractivity contribution in [1.82, 2.24) is 15.2 Å². The summed E-state index contributed by atoms with van der Waals surface area (Å²) in [5.41, 5.74) is 2.93. The SMILES string of the molecule is CCCCCSc1nnc2c(n1)O[C@H](c1ccccc1)N(C(C)=O)c1ccccc1-2. The van der Waals surface area contributed by atoms with Crippen LogP contribution in [0, 0.1) is 0 Å². The molecule has 2 aromatic carbocycles. The number of carbonyl (C=O) groups excluding carboxylic acids is 1. The molecule has 2 heterocycles. The predicted molar refractivity (Wildman–Crippen MR) is 118 cm³/mol. The number of carbonyl (C=O) groups is 1. The largest absolute Gasteiger partial charge is 0.447 e. The number of hydrogen-bond acceptors (Lipinski definition) is 6. The fourth-order valence-corrected chi connectivity index (χ4v) is 4.24. The number of anilines is 1. The van der Waals surface area contributed by atoms with Crippen molar-refractivity contribution in [3.05, 3.63) is 60.2 Å².